The Bertz CT molecular complexity index is 276. The minimum absolute atomic E-state index is 0.390. The van der Waals surface area contributed by atoms with E-state index in [9.17, 15) is 0 Å². The van der Waals surface area contributed by atoms with Gasteiger partial charge in [-0.3, -0.25) is 0 Å². The van der Waals surface area contributed by atoms with Crippen molar-refractivity contribution in [3.63, 3.8) is 0 Å². The number of anilines is 1. The molecule has 4 heteroatoms. The van der Waals surface area contributed by atoms with Crippen LogP contribution in [0, 0.1) is 3.70 Å². The van der Waals surface area contributed by atoms with Gasteiger partial charge in [-0.05, 0) is 42.5 Å². The highest BCUT2D eigenvalue weighted by molar-refractivity contribution is 14.1. The summed E-state index contributed by atoms with van der Waals surface area (Å²) in [6.45, 7) is 4.15. The largest absolute Gasteiger partial charge is 0.382 e. The first-order chi connectivity index (χ1) is 5.61. The number of hydrogen-bond acceptors (Lipinski definition) is 2. The molecule has 1 N–H and O–H groups in total. The number of nitrogens with zero attached hydrogens (tertiary/aromatic N) is 1. The zero-order chi connectivity index (χ0) is 9.14. The summed E-state index contributed by atoms with van der Waals surface area (Å²) >= 11 is 8.12. The van der Waals surface area contributed by atoms with Crippen molar-refractivity contribution in [1.29, 1.82) is 0 Å². The van der Waals surface area contributed by atoms with E-state index in [1.807, 2.05) is 6.07 Å². The van der Waals surface area contributed by atoms with E-state index in [-0.39, 0.29) is 0 Å². The molecule has 1 aromatic heterocycles. The minimum Gasteiger partial charge on any atom is -0.382 e. The quantitative estimate of drug-likeness (QED) is 0.670. The monoisotopic (exact) mass is 296 g/mol. The van der Waals surface area contributed by atoms with Gasteiger partial charge in [-0.25, -0.2) is 4.98 Å². The number of halogens is 2. The summed E-state index contributed by atoms with van der Waals surface area (Å²) in [6.07, 6.45) is 1.75. The molecule has 66 valence electrons. The molecule has 0 aromatic carbocycles. The van der Waals surface area contributed by atoms with Crippen molar-refractivity contribution in [1.82, 2.24) is 4.98 Å². The van der Waals surface area contributed by atoms with Crippen LogP contribution in [0.5, 0.6) is 0 Å². The fraction of sp³-hybridized carbons (Fsp3) is 0.375. The lowest BCUT2D eigenvalue weighted by atomic mass is 10.3. The number of rotatable bonds is 2. The van der Waals surface area contributed by atoms with Crippen LogP contribution in [0.1, 0.15) is 13.8 Å². The molecule has 0 aliphatic heterocycles. The van der Waals surface area contributed by atoms with E-state index in [1.54, 1.807) is 6.20 Å². The average Bonchev–Trinajstić information content (AvgIpc) is 1.98. The highest BCUT2D eigenvalue weighted by atomic mass is 127. The smallest absolute Gasteiger partial charge is 0.121 e. The molecule has 0 saturated heterocycles. The Balaban J connectivity index is 2.92. The number of aromatic nitrogens is 1. The van der Waals surface area contributed by atoms with Crippen molar-refractivity contribution in [2.24, 2.45) is 0 Å². The van der Waals surface area contributed by atoms with Crippen LogP contribution in [0.4, 0.5) is 5.69 Å². The Hall–Kier alpha value is -0.0300. The number of pyridine rings is 1. The van der Waals surface area contributed by atoms with Crippen molar-refractivity contribution in [3.8, 4) is 0 Å². The summed E-state index contributed by atoms with van der Waals surface area (Å²) in [5.41, 5.74) is 0.950. The van der Waals surface area contributed by atoms with Crippen LogP contribution < -0.4 is 5.32 Å². The molecule has 12 heavy (non-hydrogen) atoms. The summed E-state index contributed by atoms with van der Waals surface area (Å²) < 4.78 is 0.833. The van der Waals surface area contributed by atoms with Crippen LogP contribution in [0.2, 0.25) is 5.02 Å². The van der Waals surface area contributed by atoms with Crippen LogP contribution in [-0.4, -0.2) is 11.0 Å². The molecule has 0 saturated carbocycles. The molecule has 0 aliphatic carbocycles. The second-order valence-corrected chi connectivity index (χ2v) is 4.16. The zero-order valence-electron chi connectivity index (χ0n) is 6.94. The van der Waals surface area contributed by atoms with E-state index < -0.39 is 0 Å². The van der Waals surface area contributed by atoms with Gasteiger partial charge in [0.2, 0.25) is 0 Å². The third-order valence-electron chi connectivity index (χ3n) is 1.29. The molecule has 0 amide bonds. The van der Waals surface area contributed by atoms with Gasteiger partial charge in [0, 0.05) is 12.2 Å². The Morgan fingerprint density at radius 2 is 2.25 bits per heavy atom. The summed E-state index contributed by atoms with van der Waals surface area (Å²) in [4.78, 5) is 4.06. The van der Waals surface area contributed by atoms with Crippen LogP contribution in [0.25, 0.3) is 0 Å². The van der Waals surface area contributed by atoms with E-state index >= 15 is 0 Å². The first kappa shape index (κ1) is 10.1. The molecule has 0 spiro atoms. The summed E-state index contributed by atoms with van der Waals surface area (Å²) in [6, 6.07) is 2.27. The lowest BCUT2D eigenvalue weighted by Crippen LogP contribution is -2.10. The van der Waals surface area contributed by atoms with Gasteiger partial charge in [0.05, 0.1) is 10.7 Å². The van der Waals surface area contributed by atoms with E-state index in [2.05, 4.69) is 46.7 Å². The van der Waals surface area contributed by atoms with Gasteiger partial charge < -0.3 is 5.32 Å². The molecule has 0 radical (unpaired) electrons. The Morgan fingerprint density at radius 3 is 2.83 bits per heavy atom. The molecule has 2 nitrogen and oxygen atoms in total. The molecular weight excluding hydrogens is 286 g/mol. The summed E-state index contributed by atoms with van der Waals surface area (Å²) in [7, 11) is 0. The van der Waals surface area contributed by atoms with E-state index in [0.29, 0.717) is 11.1 Å². The summed E-state index contributed by atoms with van der Waals surface area (Å²) in [5, 5.41) is 3.94. The molecule has 0 unspecified atom stereocenters. The Morgan fingerprint density at radius 1 is 1.58 bits per heavy atom. The van der Waals surface area contributed by atoms with Crippen LogP contribution in [0.3, 0.4) is 0 Å². The molecule has 1 heterocycles. The predicted octanol–water partition coefficient (Wildman–Crippen LogP) is 3.16. The standard InChI is InChI=1S/C8H10ClIN2/c1-5(2)12-6-3-4-11-8(10)7(6)9/h3-5H,1-2H3,(H,11,12). The third kappa shape index (κ3) is 2.48. The molecule has 1 rings (SSSR count). The van der Waals surface area contributed by atoms with Gasteiger partial charge in [-0.1, -0.05) is 11.6 Å². The Labute approximate surface area is 90.9 Å². The van der Waals surface area contributed by atoms with Crippen molar-refractivity contribution in [3.05, 3.63) is 21.0 Å². The van der Waals surface area contributed by atoms with Crippen molar-refractivity contribution >= 4 is 39.9 Å². The molecule has 0 aliphatic rings. The number of hydrogen-bond donors (Lipinski definition) is 1. The van der Waals surface area contributed by atoms with E-state index in [4.69, 9.17) is 11.6 Å². The average molecular weight is 297 g/mol. The second kappa shape index (κ2) is 4.28. The topological polar surface area (TPSA) is 24.9 Å². The maximum Gasteiger partial charge on any atom is 0.121 e. The van der Waals surface area contributed by atoms with Crippen molar-refractivity contribution < 1.29 is 0 Å². The lowest BCUT2D eigenvalue weighted by Gasteiger charge is -2.11. The normalized spacial score (nSPS) is 10.4. The van der Waals surface area contributed by atoms with E-state index in [0.717, 1.165) is 9.39 Å². The van der Waals surface area contributed by atoms with Gasteiger partial charge in [-0.15, -0.1) is 0 Å². The van der Waals surface area contributed by atoms with Gasteiger partial charge in [0.1, 0.15) is 3.70 Å². The summed E-state index contributed by atoms with van der Waals surface area (Å²) in [5.74, 6) is 0. The number of nitrogens with one attached hydrogen (secondary N) is 1. The Kier molecular flexibility index (Phi) is 3.58. The highest BCUT2D eigenvalue weighted by Crippen LogP contribution is 2.25. The molecule has 0 atom stereocenters. The molecule has 1 aromatic rings. The van der Waals surface area contributed by atoms with Gasteiger partial charge >= 0.3 is 0 Å². The van der Waals surface area contributed by atoms with Gasteiger partial charge in [0.25, 0.3) is 0 Å². The highest BCUT2D eigenvalue weighted by Gasteiger charge is 2.04. The van der Waals surface area contributed by atoms with Crippen LogP contribution in [0.15, 0.2) is 12.3 Å². The minimum atomic E-state index is 0.390. The van der Waals surface area contributed by atoms with Crippen LogP contribution in [-0.2, 0) is 0 Å². The van der Waals surface area contributed by atoms with E-state index in [1.165, 1.54) is 0 Å². The fourth-order valence-electron chi connectivity index (χ4n) is 0.841. The van der Waals surface area contributed by atoms with Gasteiger partial charge in [0.15, 0.2) is 0 Å². The molecular formula is C8H10ClIN2. The maximum atomic E-state index is 6.00. The van der Waals surface area contributed by atoms with Crippen molar-refractivity contribution in [2.45, 2.75) is 19.9 Å². The molecule has 0 bridgehead atoms. The predicted molar refractivity (Wildman–Crippen MR) is 60.7 cm³/mol. The van der Waals surface area contributed by atoms with Crippen molar-refractivity contribution in [2.75, 3.05) is 5.32 Å². The third-order valence-corrected chi connectivity index (χ3v) is 2.81. The van der Waals surface area contributed by atoms with Crippen LogP contribution >= 0.6 is 34.2 Å². The fourth-order valence-corrected chi connectivity index (χ4v) is 1.46. The zero-order valence-corrected chi connectivity index (χ0v) is 9.85. The second-order valence-electron chi connectivity index (χ2n) is 2.76. The molecule has 0 fully saturated rings. The first-order valence-electron chi connectivity index (χ1n) is 3.68. The lowest BCUT2D eigenvalue weighted by molar-refractivity contribution is 0.898. The SMILES string of the molecule is CC(C)Nc1ccnc(I)c1Cl. The van der Waals surface area contributed by atoms with Gasteiger partial charge in [-0.2, -0.15) is 0 Å². The first-order valence-corrected chi connectivity index (χ1v) is 5.13. The maximum absolute atomic E-state index is 6.00.